The third kappa shape index (κ3) is 4.17. The fourth-order valence-corrected chi connectivity index (χ4v) is 2.17. The van der Waals surface area contributed by atoms with Crippen LogP contribution in [0.25, 0.3) is 0 Å². The predicted octanol–water partition coefficient (Wildman–Crippen LogP) is 2.86. The molecule has 0 spiro atoms. The molecule has 0 aliphatic heterocycles. The summed E-state index contributed by atoms with van der Waals surface area (Å²) >= 11 is 0. The highest BCUT2D eigenvalue weighted by atomic mass is 16.5. The molecule has 3 heteroatoms. The third-order valence-corrected chi connectivity index (χ3v) is 2.97. The minimum absolute atomic E-state index is 0.118. The summed E-state index contributed by atoms with van der Waals surface area (Å²) < 4.78 is 11.0. The number of ether oxygens (including phenoxy) is 1. The first-order valence-corrected chi connectivity index (χ1v) is 6.29. The van der Waals surface area contributed by atoms with Crippen molar-refractivity contribution in [3.8, 4) is 0 Å². The zero-order valence-electron chi connectivity index (χ0n) is 11.6. The molecule has 2 atom stereocenters. The molecule has 0 amide bonds. The summed E-state index contributed by atoms with van der Waals surface area (Å²) in [6, 6.07) is 2.31. The van der Waals surface area contributed by atoms with Gasteiger partial charge in [-0.3, -0.25) is 0 Å². The Morgan fingerprint density at radius 1 is 1.41 bits per heavy atom. The number of rotatable bonds is 6. The molecule has 1 N–H and O–H groups in total. The lowest BCUT2D eigenvalue weighted by Gasteiger charge is -2.36. The molecule has 1 aromatic heterocycles. The molecule has 98 valence electrons. The van der Waals surface area contributed by atoms with Gasteiger partial charge in [-0.25, -0.2) is 0 Å². The number of nitrogens with one attached hydrogen (secondary N) is 1. The summed E-state index contributed by atoms with van der Waals surface area (Å²) in [6.45, 7) is 9.43. The van der Waals surface area contributed by atoms with E-state index in [1.807, 2.05) is 20.0 Å². The smallest absolute Gasteiger partial charge is 0.0935 e. The number of hydrogen-bond acceptors (Lipinski definition) is 3. The Morgan fingerprint density at radius 3 is 2.53 bits per heavy atom. The van der Waals surface area contributed by atoms with Crippen LogP contribution < -0.4 is 5.32 Å². The molecule has 0 bridgehead atoms. The Hall–Kier alpha value is -0.800. The Balaban J connectivity index is 2.74. The first-order chi connectivity index (χ1) is 7.99. The topological polar surface area (TPSA) is 34.4 Å². The van der Waals surface area contributed by atoms with Gasteiger partial charge in [0.05, 0.1) is 18.6 Å². The van der Waals surface area contributed by atoms with E-state index >= 15 is 0 Å². The quantitative estimate of drug-likeness (QED) is 0.829. The van der Waals surface area contributed by atoms with E-state index in [1.54, 1.807) is 12.5 Å². The van der Waals surface area contributed by atoms with Crippen molar-refractivity contribution in [3.63, 3.8) is 0 Å². The van der Waals surface area contributed by atoms with Crippen molar-refractivity contribution in [3.05, 3.63) is 24.2 Å². The van der Waals surface area contributed by atoms with E-state index in [0.29, 0.717) is 6.04 Å². The highest BCUT2D eigenvalue weighted by Crippen LogP contribution is 2.26. The standard InChI is InChI=1S/C14H25NO2/c1-6-17-13(14(2,3)4)12(15-5)9-11-7-8-16-10-11/h7-8,10,12-13,15H,6,9H2,1-5H3. The molecule has 0 aromatic carbocycles. The van der Waals surface area contributed by atoms with Crippen LogP contribution in [0, 0.1) is 5.41 Å². The molecule has 17 heavy (non-hydrogen) atoms. The maximum atomic E-state index is 5.92. The summed E-state index contributed by atoms with van der Waals surface area (Å²) in [5, 5.41) is 3.37. The fraction of sp³-hybridized carbons (Fsp3) is 0.714. The SMILES string of the molecule is CCOC(C(Cc1ccoc1)NC)C(C)(C)C. The highest BCUT2D eigenvalue weighted by Gasteiger charge is 2.32. The van der Waals surface area contributed by atoms with Crippen LogP contribution in [0.1, 0.15) is 33.3 Å². The number of furan rings is 1. The zero-order chi connectivity index (χ0) is 12.9. The molecule has 0 aliphatic rings. The lowest BCUT2D eigenvalue weighted by Crippen LogP contribution is -2.48. The molecule has 0 aliphatic carbocycles. The van der Waals surface area contributed by atoms with Crippen LogP contribution in [0.15, 0.2) is 23.0 Å². The zero-order valence-corrected chi connectivity index (χ0v) is 11.6. The van der Waals surface area contributed by atoms with Crippen molar-refractivity contribution in [2.24, 2.45) is 5.41 Å². The average molecular weight is 239 g/mol. The van der Waals surface area contributed by atoms with Crippen LogP contribution in [0.3, 0.4) is 0 Å². The fourth-order valence-electron chi connectivity index (χ4n) is 2.17. The molecular formula is C14H25NO2. The first kappa shape index (κ1) is 14.3. The number of hydrogen-bond donors (Lipinski definition) is 1. The van der Waals surface area contributed by atoms with Crippen molar-refractivity contribution >= 4 is 0 Å². The molecular weight excluding hydrogens is 214 g/mol. The maximum Gasteiger partial charge on any atom is 0.0935 e. The molecule has 1 aromatic rings. The molecule has 1 rings (SSSR count). The molecule has 0 saturated heterocycles. The van der Waals surface area contributed by atoms with Crippen LogP contribution in [0.2, 0.25) is 0 Å². The molecule has 0 fully saturated rings. The van der Waals surface area contributed by atoms with E-state index in [1.165, 1.54) is 5.56 Å². The van der Waals surface area contributed by atoms with E-state index in [-0.39, 0.29) is 11.5 Å². The van der Waals surface area contributed by atoms with Crippen molar-refractivity contribution in [2.75, 3.05) is 13.7 Å². The average Bonchev–Trinajstić information content (AvgIpc) is 2.74. The maximum absolute atomic E-state index is 5.92. The lowest BCUT2D eigenvalue weighted by molar-refractivity contribution is -0.0340. The minimum atomic E-state index is 0.118. The van der Waals surface area contributed by atoms with Gasteiger partial charge in [0.1, 0.15) is 0 Å². The van der Waals surface area contributed by atoms with Crippen LogP contribution in [-0.4, -0.2) is 25.8 Å². The van der Waals surface area contributed by atoms with Crippen LogP contribution in [0.4, 0.5) is 0 Å². The van der Waals surface area contributed by atoms with E-state index in [9.17, 15) is 0 Å². The Bertz CT molecular complexity index is 301. The van der Waals surface area contributed by atoms with E-state index in [0.717, 1.165) is 13.0 Å². The van der Waals surface area contributed by atoms with E-state index < -0.39 is 0 Å². The van der Waals surface area contributed by atoms with E-state index in [4.69, 9.17) is 9.15 Å². The largest absolute Gasteiger partial charge is 0.472 e. The highest BCUT2D eigenvalue weighted by molar-refractivity contribution is 5.09. The Kier molecular flexibility index (Phi) is 5.22. The Morgan fingerprint density at radius 2 is 2.12 bits per heavy atom. The van der Waals surface area contributed by atoms with Gasteiger partial charge in [0, 0.05) is 12.6 Å². The summed E-state index contributed by atoms with van der Waals surface area (Å²) in [4.78, 5) is 0. The van der Waals surface area contributed by atoms with Gasteiger partial charge in [0.2, 0.25) is 0 Å². The molecule has 3 nitrogen and oxygen atoms in total. The normalized spacial score (nSPS) is 15.8. The first-order valence-electron chi connectivity index (χ1n) is 6.29. The van der Waals surface area contributed by atoms with Crippen LogP contribution >= 0.6 is 0 Å². The van der Waals surface area contributed by atoms with Crippen molar-refractivity contribution in [1.82, 2.24) is 5.32 Å². The molecule has 0 radical (unpaired) electrons. The van der Waals surface area contributed by atoms with Crippen molar-refractivity contribution in [1.29, 1.82) is 0 Å². The summed E-state index contributed by atoms with van der Waals surface area (Å²) in [6.07, 6.45) is 4.63. The summed E-state index contributed by atoms with van der Waals surface area (Å²) in [7, 11) is 1.99. The second-order valence-corrected chi connectivity index (χ2v) is 5.47. The third-order valence-electron chi connectivity index (χ3n) is 2.97. The van der Waals surface area contributed by atoms with Gasteiger partial charge in [-0.1, -0.05) is 20.8 Å². The van der Waals surface area contributed by atoms with Gasteiger partial charge in [0.15, 0.2) is 0 Å². The second-order valence-electron chi connectivity index (χ2n) is 5.47. The van der Waals surface area contributed by atoms with Crippen molar-refractivity contribution < 1.29 is 9.15 Å². The predicted molar refractivity (Wildman–Crippen MR) is 70.1 cm³/mol. The van der Waals surface area contributed by atoms with Crippen LogP contribution in [-0.2, 0) is 11.2 Å². The molecule has 0 saturated carbocycles. The van der Waals surface area contributed by atoms with Gasteiger partial charge < -0.3 is 14.5 Å². The molecule has 1 heterocycles. The van der Waals surface area contributed by atoms with E-state index in [2.05, 4.69) is 26.1 Å². The Labute approximate surface area is 105 Å². The second kappa shape index (κ2) is 6.22. The van der Waals surface area contributed by atoms with Gasteiger partial charge in [-0.2, -0.15) is 0 Å². The van der Waals surface area contributed by atoms with Gasteiger partial charge in [-0.15, -0.1) is 0 Å². The van der Waals surface area contributed by atoms with Crippen LogP contribution in [0.5, 0.6) is 0 Å². The van der Waals surface area contributed by atoms with Gasteiger partial charge in [0.25, 0.3) is 0 Å². The monoisotopic (exact) mass is 239 g/mol. The summed E-state index contributed by atoms with van der Waals surface area (Å²) in [5.74, 6) is 0. The van der Waals surface area contributed by atoms with Gasteiger partial charge >= 0.3 is 0 Å². The number of likely N-dealkylation sites (N-methyl/N-ethyl adjacent to an activating group) is 1. The molecule has 2 unspecified atom stereocenters. The van der Waals surface area contributed by atoms with Gasteiger partial charge in [-0.05, 0) is 37.4 Å². The van der Waals surface area contributed by atoms with Crippen molar-refractivity contribution in [2.45, 2.75) is 46.3 Å². The summed E-state index contributed by atoms with van der Waals surface area (Å²) in [5.41, 5.74) is 1.33. The minimum Gasteiger partial charge on any atom is -0.472 e. The lowest BCUT2D eigenvalue weighted by atomic mass is 9.82.